The Labute approximate surface area is 148 Å². The van der Waals surface area contributed by atoms with Gasteiger partial charge < -0.3 is 15.1 Å². The van der Waals surface area contributed by atoms with E-state index in [9.17, 15) is 4.79 Å². The smallest absolute Gasteiger partial charge is 0.294 e. The van der Waals surface area contributed by atoms with Gasteiger partial charge in [-0.25, -0.2) is 0 Å². The van der Waals surface area contributed by atoms with Crippen LogP contribution in [0.5, 0.6) is 0 Å². The Morgan fingerprint density at radius 2 is 1.96 bits per heavy atom. The summed E-state index contributed by atoms with van der Waals surface area (Å²) in [5.74, 6) is 0.793. The van der Waals surface area contributed by atoms with Crippen LogP contribution >= 0.6 is 15.9 Å². The third kappa shape index (κ3) is 2.51. The van der Waals surface area contributed by atoms with Gasteiger partial charge in [0.25, 0.3) is 5.91 Å². The first-order chi connectivity index (χ1) is 11.6. The van der Waals surface area contributed by atoms with Gasteiger partial charge >= 0.3 is 0 Å². The van der Waals surface area contributed by atoms with Crippen molar-refractivity contribution in [2.45, 2.75) is 6.42 Å². The molecular formula is C19H15BrN2O2. The van der Waals surface area contributed by atoms with E-state index in [1.165, 1.54) is 5.56 Å². The molecule has 0 fully saturated rings. The number of furan rings is 1. The minimum atomic E-state index is -0.123. The lowest BCUT2D eigenvalue weighted by molar-refractivity contribution is 0.0963. The van der Waals surface area contributed by atoms with Gasteiger partial charge in [-0.3, -0.25) is 4.79 Å². The van der Waals surface area contributed by atoms with Crippen LogP contribution in [0.2, 0.25) is 0 Å². The highest BCUT2D eigenvalue weighted by molar-refractivity contribution is 9.10. The van der Waals surface area contributed by atoms with Gasteiger partial charge in [0.2, 0.25) is 0 Å². The summed E-state index contributed by atoms with van der Waals surface area (Å²) in [5, 5.41) is 0. The number of para-hydroxylation sites is 1. The summed E-state index contributed by atoms with van der Waals surface area (Å²) < 4.78 is 6.70. The number of nitrogens with two attached hydrogens (primary N) is 1. The van der Waals surface area contributed by atoms with Crippen molar-refractivity contribution in [1.82, 2.24) is 0 Å². The number of hydrogen-bond acceptors (Lipinski definition) is 3. The van der Waals surface area contributed by atoms with Crippen LogP contribution in [0.15, 0.2) is 63.5 Å². The standard InChI is InChI=1S/C19H15BrN2O2/c20-13-5-6-14(15(21)11-13)17-7-8-18(24-17)19(23)22-10-9-12-3-1-2-4-16(12)22/h1-8,11H,9-10,21H2. The lowest BCUT2D eigenvalue weighted by Crippen LogP contribution is -2.28. The van der Waals surface area contributed by atoms with Crippen molar-refractivity contribution in [2.24, 2.45) is 0 Å². The molecule has 1 aromatic heterocycles. The van der Waals surface area contributed by atoms with Crippen LogP contribution in [-0.2, 0) is 6.42 Å². The molecule has 0 unspecified atom stereocenters. The van der Waals surface area contributed by atoms with Gasteiger partial charge in [-0.15, -0.1) is 0 Å². The molecule has 0 bridgehead atoms. The fraction of sp³-hybridized carbons (Fsp3) is 0.105. The molecule has 1 amide bonds. The van der Waals surface area contributed by atoms with E-state index in [4.69, 9.17) is 10.2 Å². The molecule has 120 valence electrons. The molecule has 2 heterocycles. The topological polar surface area (TPSA) is 59.5 Å². The van der Waals surface area contributed by atoms with E-state index >= 15 is 0 Å². The molecule has 0 saturated carbocycles. The average molecular weight is 383 g/mol. The Morgan fingerprint density at radius 1 is 1.12 bits per heavy atom. The molecule has 0 saturated heterocycles. The van der Waals surface area contributed by atoms with Gasteiger partial charge in [-0.05, 0) is 48.4 Å². The molecule has 24 heavy (non-hydrogen) atoms. The quantitative estimate of drug-likeness (QED) is 0.664. The number of carbonyl (C=O) groups is 1. The van der Waals surface area contributed by atoms with E-state index < -0.39 is 0 Å². The highest BCUT2D eigenvalue weighted by Gasteiger charge is 2.27. The minimum Gasteiger partial charge on any atom is -0.451 e. The zero-order valence-electron chi connectivity index (χ0n) is 12.8. The molecule has 2 aromatic carbocycles. The van der Waals surface area contributed by atoms with Gasteiger partial charge in [-0.1, -0.05) is 34.1 Å². The van der Waals surface area contributed by atoms with E-state index in [1.54, 1.807) is 17.0 Å². The number of anilines is 2. The van der Waals surface area contributed by atoms with Crippen molar-refractivity contribution in [2.75, 3.05) is 17.2 Å². The third-order valence-corrected chi connectivity index (χ3v) is 4.72. The molecule has 0 spiro atoms. The minimum absolute atomic E-state index is 0.123. The highest BCUT2D eigenvalue weighted by atomic mass is 79.9. The Morgan fingerprint density at radius 3 is 2.79 bits per heavy atom. The Balaban J connectivity index is 1.65. The summed E-state index contributed by atoms with van der Waals surface area (Å²) in [6.45, 7) is 0.675. The van der Waals surface area contributed by atoms with E-state index in [0.717, 1.165) is 22.1 Å². The number of fused-ring (bicyclic) bond motifs is 1. The summed E-state index contributed by atoms with van der Waals surface area (Å²) in [6.07, 6.45) is 0.870. The second kappa shape index (κ2) is 5.83. The monoisotopic (exact) mass is 382 g/mol. The van der Waals surface area contributed by atoms with Crippen LogP contribution in [0.3, 0.4) is 0 Å². The second-order valence-electron chi connectivity index (χ2n) is 5.73. The normalized spacial score (nSPS) is 13.1. The Kier molecular flexibility index (Phi) is 3.65. The van der Waals surface area contributed by atoms with Gasteiger partial charge in [-0.2, -0.15) is 0 Å². The van der Waals surface area contributed by atoms with Crippen LogP contribution in [0.4, 0.5) is 11.4 Å². The van der Waals surface area contributed by atoms with Crippen molar-refractivity contribution in [3.05, 3.63) is 70.4 Å². The van der Waals surface area contributed by atoms with E-state index in [0.29, 0.717) is 23.8 Å². The van der Waals surface area contributed by atoms with Gasteiger partial charge in [0.05, 0.1) is 0 Å². The van der Waals surface area contributed by atoms with E-state index in [-0.39, 0.29) is 5.91 Å². The summed E-state index contributed by atoms with van der Waals surface area (Å²) >= 11 is 3.39. The Bertz CT molecular complexity index is 933. The molecule has 5 heteroatoms. The number of nitrogen functional groups attached to an aromatic ring is 1. The maximum absolute atomic E-state index is 12.8. The molecule has 0 atom stereocenters. The molecule has 1 aliphatic heterocycles. The van der Waals surface area contributed by atoms with Crippen molar-refractivity contribution >= 4 is 33.2 Å². The predicted octanol–water partition coefficient (Wildman–Crippen LogP) is 4.49. The molecule has 2 N–H and O–H groups in total. The van der Waals surface area contributed by atoms with E-state index in [2.05, 4.69) is 22.0 Å². The summed E-state index contributed by atoms with van der Waals surface area (Å²) in [5.41, 5.74) is 9.57. The molecule has 4 rings (SSSR count). The van der Waals surface area contributed by atoms with Crippen LogP contribution in [0.1, 0.15) is 16.1 Å². The van der Waals surface area contributed by atoms with Crippen molar-refractivity contribution in [1.29, 1.82) is 0 Å². The van der Waals surface area contributed by atoms with Crippen molar-refractivity contribution in [3.8, 4) is 11.3 Å². The summed E-state index contributed by atoms with van der Waals surface area (Å²) in [6, 6.07) is 17.0. The van der Waals surface area contributed by atoms with Gasteiger partial charge in [0.15, 0.2) is 5.76 Å². The number of amides is 1. The Hall–Kier alpha value is -2.53. The van der Waals surface area contributed by atoms with Crippen LogP contribution in [0, 0.1) is 0 Å². The number of benzene rings is 2. The van der Waals surface area contributed by atoms with E-state index in [1.807, 2.05) is 36.4 Å². The number of halogens is 1. The first-order valence-electron chi connectivity index (χ1n) is 7.68. The van der Waals surface area contributed by atoms with Crippen LogP contribution in [0.25, 0.3) is 11.3 Å². The third-order valence-electron chi connectivity index (χ3n) is 4.23. The first kappa shape index (κ1) is 15.0. The maximum atomic E-state index is 12.8. The SMILES string of the molecule is Nc1cc(Br)ccc1-c1ccc(C(=O)N2CCc3ccccc32)o1. The molecule has 0 aliphatic carbocycles. The fourth-order valence-corrected chi connectivity index (χ4v) is 3.42. The maximum Gasteiger partial charge on any atom is 0.294 e. The van der Waals surface area contributed by atoms with Crippen LogP contribution < -0.4 is 10.6 Å². The molecule has 4 nitrogen and oxygen atoms in total. The number of nitrogens with zero attached hydrogens (tertiary/aromatic N) is 1. The molecular weight excluding hydrogens is 368 g/mol. The number of rotatable bonds is 2. The largest absolute Gasteiger partial charge is 0.451 e. The van der Waals surface area contributed by atoms with Crippen molar-refractivity contribution < 1.29 is 9.21 Å². The zero-order chi connectivity index (χ0) is 16.7. The fourth-order valence-electron chi connectivity index (χ4n) is 3.04. The first-order valence-corrected chi connectivity index (χ1v) is 8.48. The lowest BCUT2D eigenvalue weighted by atomic mass is 10.1. The lowest BCUT2D eigenvalue weighted by Gasteiger charge is -2.15. The average Bonchev–Trinajstić information content (AvgIpc) is 3.21. The summed E-state index contributed by atoms with van der Waals surface area (Å²) in [4.78, 5) is 14.6. The zero-order valence-corrected chi connectivity index (χ0v) is 14.4. The highest BCUT2D eigenvalue weighted by Crippen LogP contribution is 2.32. The summed E-state index contributed by atoms with van der Waals surface area (Å²) in [7, 11) is 0. The predicted molar refractivity (Wildman–Crippen MR) is 98.1 cm³/mol. The molecule has 0 radical (unpaired) electrons. The van der Waals surface area contributed by atoms with Gasteiger partial charge in [0.1, 0.15) is 5.76 Å². The van der Waals surface area contributed by atoms with Crippen LogP contribution in [-0.4, -0.2) is 12.5 Å². The number of carbonyl (C=O) groups excluding carboxylic acids is 1. The molecule has 3 aromatic rings. The van der Waals surface area contributed by atoms with Gasteiger partial charge in [0, 0.05) is 28.0 Å². The molecule has 1 aliphatic rings. The second-order valence-corrected chi connectivity index (χ2v) is 6.65. The van der Waals surface area contributed by atoms with Crippen molar-refractivity contribution in [3.63, 3.8) is 0 Å². The number of hydrogen-bond donors (Lipinski definition) is 1.